The molecule has 1 heterocycles. The first-order chi connectivity index (χ1) is 18.6. The van der Waals surface area contributed by atoms with Crippen LogP contribution in [-0.2, 0) is 36.8 Å². The summed E-state index contributed by atoms with van der Waals surface area (Å²) in [4.78, 5) is 68.7. The summed E-state index contributed by atoms with van der Waals surface area (Å²) >= 11 is 0. The number of hydrogen-bond acceptors (Lipinski definition) is 8. The number of carboxylic acids is 2. The van der Waals surface area contributed by atoms with Gasteiger partial charge in [0.05, 0.1) is 18.8 Å². The lowest BCUT2D eigenvalue weighted by Gasteiger charge is -2.24. The number of nitrogens with zero attached hydrogens (tertiary/aromatic N) is 1. The minimum Gasteiger partial charge on any atom is -0.481 e. The Morgan fingerprint density at radius 1 is 0.872 bits per heavy atom. The molecule has 0 radical (unpaired) electrons. The van der Waals surface area contributed by atoms with Gasteiger partial charge >= 0.3 is 11.9 Å². The molecule has 1 aromatic heterocycles. The molecule has 212 valence electrons. The Morgan fingerprint density at radius 3 is 2.10 bits per heavy atom. The van der Waals surface area contributed by atoms with Crippen LogP contribution in [0.25, 0.3) is 0 Å². The van der Waals surface area contributed by atoms with Gasteiger partial charge in [-0.2, -0.15) is 0 Å². The Morgan fingerprint density at radius 2 is 1.51 bits per heavy atom. The van der Waals surface area contributed by atoms with E-state index >= 15 is 0 Å². The van der Waals surface area contributed by atoms with Crippen LogP contribution in [0.1, 0.15) is 36.9 Å². The second-order valence-corrected chi connectivity index (χ2v) is 8.98. The van der Waals surface area contributed by atoms with E-state index in [1.807, 2.05) is 0 Å². The van der Waals surface area contributed by atoms with Crippen molar-refractivity contribution in [2.45, 2.75) is 62.7 Å². The number of carboxylic acid groups (broad SMARTS) is 2. The Labute approximate surface area is 224 Å². The van der Waals surface area contributed by atoms with Gasteiger partial charge in [0.25, 0.3) is 0 Å². The maximum atomic E-state index is 13.2. The Bertz CT molecular complexity index is 1100. The fraction of sp³-hybridized carbons (Fsp3) is 0.440. The van der Waals surface area contributed by atoms with E-state index < -0.39 is 60.2 Å². The van der Waals surface area contributed by atoms with Crippen LogP contribution >= 0.6 is 0 Å². The zero-order chi connectivity index (χ0) is 28.8. The maximum Gasteiger partial charge on any atom is 0.326 e. The highest BCUT2D eigenvalue weighted by Gasteiger charge is 2.32. The van der Waals surface area contributed by atoms with Crippen molar-refractivity contribution in [1.82, 2.24) is 25.9 Å². The molecule has 39 heavy (non-hydrogen) atoms. The molecule has 0 saturated heterocycles. The molecule has 4 unspecified atom stereocenters. The standard InChI is InChI=1S/C25H35N7O7/c26-9-5-4-8-17(27)22(35)30-18(11-16-13-28-14-29-16)23(36)31-19(12-21(33)34)24(37)32-20(25(38)39)10-15-6-2-1-3-7-15/h1-3,6-7,13-14,17-20H,4-5,8-12,26-27H2,(H,28,29)(H,30,35)(H,31,36)(H,32,37)(H,33,34)(H,38,39). The Hall–Kier alpha value is -4.30. The van der Waals surface area contributed by atoms with E-state index in [2.05, 4.69) is 25.9 Å². The van der Waals surface area contributed by atoms with Crippen molar-refractivity contribution >= 4 is 29.7 Å². The first-order valence-corrected chi connectivity index (χ1v) is 12.4. The molecular formula is C25H35N7O7. The topological polar surface area (TPSA) is 243 Å². The molecular weight excluding hydrogens is 510 g/mol. The van der Waals surface area contributed by atoms with E-state index in [0.29, 0.717) is 37.1 Å². The summed E-state index contributed by atoms with van der Waals surface area (Å²) in [6.45, 7) is 0.445. The van der Waals surface area contributed by atoms with Crippen molar-refractivity contribution in [1.29, 1.82) is 0 Å². The smallest absolute Gasteiger partial charge is 0.326 e. The van der Waals surface area contributed by atoms with Crippen molar-refractivity contribution in [2.24, 2.45) is 11.5 Å². The number of aromatic nitrogens is 2. The summed E-state index contributed by atoms with van der Waals surface area (Å²) in [6, 6.07) is 3.39. The molecule has 0 saturated carbocycles. The second kappa shape index (κ2) is 15.8. The van der Waals surface area contributed by atoms with Gasteiger partial charge in [-0.25, -0.2) is 9.78 Å². The third-order valence-electron chi connectivity index (χ3n) is 5.83. The highest BCUT2D eigenvalue weighted by atomic mass is 16.4. The number of carbonyl (C=O) groups excluding carboxylic acids is 3. The van der Waals surface area contributed by atoms with Crippen LogP contribution in [0.3, 0.4) is 0 Å². The van der Waals surface area contributed by atoms with Crippen LogP contribution in [-0.4, -0.2) is 80.6 Å². The van der Waals surface area contributed by atoms with Crippen molar-refractivity contribution in [3.05, 3.63) is 54.1 Å². The highest BCUT2D eigenvalue weighted by Crippen LogP contribution is 2.07. The molecule has 14 nitrogen and oxygen atoms in total. The van der Waals surface area contributed by atoms with Gasteiger partial charge in [0.15, 0.2) is 0 Å². The van der Waals surface area contributed by atoms with Gasteiger partial charge in [-0.1, -0.05) is 36.8 Å². The number of aliphatic carboxylic acids is 2. The summed E-state index contributed by atoms with van der Waals surface area (Å²) in [7, 11) is 0. The van der Waals surface area contributed by atoms with Crippen LogP contribution < -0.4 is 27.4 Å². The number of hydrogen-bond donors (Lipinski definition) is 8. The van der Waals surface area contributed by atoms with Gasteiger partial charge in [-0.3, -0.25) is 19.2 Å². The molecule has 0 spiro atoms. The van der Waals surface area contributed by atoms with E-state index in [0.717, 1.165) is 0 Å². The lowest BCUT2D eigenvalue weighted by atomic mass is 10.0. The number of amides is 3. The largest absolute Gasteiger partial charge is 0.481 e. The average molecular weight is 546 g/mol. The van der Waals surface area contributed by atoms with Crippen molar-refractivity contribution in [3.63, 3.8) is 0 Å². The van der Waals surface area contributed by atoms with Crippen molar-refractivity contribution in [3.8, 4) is 0 Å². The number of rotatable bonds is 17. The lowest BCUT2D eigenvalue weighted by Crippen LogP contribution is -2.58. The third-order valence-corrected chi connectivity index (χ3v) is 5.83. The molecule has 4 atom stereocenters. The molecule has 3 amide bonds. The van der Waals surface area contributed by atoms with Gasteiger partial charge in [-0.05, 0) is 24.9 Å². The predicted octanol–water partition coefficient (Wildman–Crippen LogP) is -1.34. The SMILES string of the molecule is NCCCCC(N)C(=O)NC(Cc1cnc[nH]1)C(=O)NC(CC(=O)O)C(=O)NC(Cc1ccccc1)C(=O)O. The number of benzene rings is 1. The van der Waals surface area contributed by atoms with Crippen molar-refractivity contribution < 1.29 is 34.2 Å². The number of carbonyl (C=O) groups is 5. The van der Waals surface area contributed by atoms with Gasteiger partial charge in [0.2, 0.25) is 17.7 Å². The van der Waals surface area contributed by atoms with Crippen molar-refractivity contribution in [2.75, 3.05) is 6.54 Å². The Kier molecular flexibility index (Phi) is 12.6. The summed E-state index contributed by atoms with van der Waals surface area (Å²) in [5.41, 5.74) is 12.5. The summed E-state index contributed by atoms with van der Waals surface area (Å²) in [5, 5.41) is 26.1. The lowest BCUT2D eigenvalue weighted by molar-refractivity contribution is -0.143. The Balaban J connectivity index is 2.16. The molecule has 0 aliphatic heterocycles. The fourth-order valence-electron chi connectivity index (χ4n) is 3.72. The zero-order valence-corrected chi connectivity index (χ0v) is 21.3. The van der Waals surface area contributed by atoms with E-state index in [9.17, 15) is 34.2 Å². The van der Waals surface area contributed by atoms with Gasteiger partial charge in [0, 0.05) is 24.7 Å². The predicted molar refractivity (Wildman–Crippen MR) is 139 cm³/mol. The quantitative estimate of drug-likeness (QED) is 0.109. The summed E-state index contributed by atoms with van der Waals surface area (Å²) in [6.07, 6.45) is 3.50. The maximum absolute atomic E-state index is 13.2. The first-order valence-electron chi connectivity index (χ1n) is 12.4. The molecule has 0 aliphatic carbocycles. The van der Waals surface area contributed by atoms with E-state index in [1.165, 1.54) is 12.5 Å². The molecule has 0 aliphatic rings. The van der Waals surface area contributed by atoms with Gasteiger partial charge < -0.3 is 42.6 Å². The molecule has 1 aromatic carbocycles. The normalized spacial score (nSPS) is 13.9. The number of nitrogens with two attached hydrogens (primary N) is 2. The minimum atomic E-state index is -1.62. The first kappa shape index (κ1) is 30.9. The molecule has 10 N–H and O–H groups in total. The van der Waals surface area contributed by atoms with Crippen LogP contribution in [0.4, 0.5) is 0 Å². The molecule has 2 aromatic rings. The van der Waals surface area contributed by atoms with Gasteiger partial charge in [0.1, 0.15) is 18.1 Å². The van der Waals surface area contributed by atoms with Crippen LogP contribution in [0, 0.1) is 0 Å². The number of nitrogens with one attached hydrogen (secondary N) is 4. The average Bonchev–Trinajstić information content (AvgIpc) is 3.41. The highest BCUT2D eigenvalue weighted by molar-refractivity contribution is 5.95. The zero-order valence-electron chi connectivity index (χ0n) is 21.3. The third kappa shape index (κ3) is 10.9. The second-order valence-electron chi connectivity index (χ2n) is 8.98. The van der Waals surface area contributed by atoms with Gasteiger partial charge in [-0.15, -0.1) is 0 Å². The summed E-state index contributed by atoms with van der Waals surface area (Å²) < 4.78 is 0. The van der Waals surface area contributed by atoms with E-state index in [4.69, 9.17) is 11.5 Å². The van der Waals surface area contributed by atoms with E-state index in [-0.39, 0.29) is 12.8 Å². The molecule has 2 rings (SSSR count). The van der Waals surface area contributed by atoms with Crippen LogP contribution in [0.2, 0.25) is 0 Å². The monoisotopic (exact) mass is 545 g/mol. The number of H-pyrrole nitrogens is 1. The number of unbranched alkanes of at least 4 members (excludes halogenated alkanes) is 1. The number of aromatic amines is 1. The molecule has 0 fully saturated rings. The number of imidazole rings is 1. The van der Waals surface area contributed by atoms with Crippen LogP contribution in [0.5, 0.6) is 0 Å². The molecule has 14 heteroatoms. The summed E-state index contributed by atoms with van der Waals surface area (Å²) in [5.74, 6) is -5.20. The molecule has 0 bridgehead atoms. The van der Waals surface area contributed by atoms with Crippen LogP contribution in [0.15, 0.2) is 42.9 Å². The fourth-order valence-corrected chi connectivity index (χ4v) is 3.72. The van der Waals surface area contributed by atoms with E-state index in [1.54, 1.807) is 30.3 Å². The minimum absolute atomic E-state index is 0.0553.